The van der Waals surface area contributed by atoms with Crippen LogP contribution in [0.4, 0.5) is 0 Å². The van der Waals surface area contributed by atoms with E-state index >= 15 is 0 Å². The molecule has 2 aliphatic rings. The maximum atomic E-state index is 12.1. The average molecular weight is 270 g/mol. The zero-order chi connectivity index (χ0) is 13.7. The van der Waals surface area contributed by atoms with Crippen LogP contribution in [0.5, 0.6) is 0 Å². The van der Waals surface area contributed by atoms with Crippen molar-refractivity contribution < 1.29 is 19.4 Å². The highest BCUT2D eigenvalue weighted by Crippen LogP contribution is 2.24. The molecule has 108 valence electrons. The molecule has 1 aliphatic heterocycles. The molecule has 0 aromatic carbocycles. The van der Waals surface area contributed by atoms with Crippen LogP contribution in [0.3, 0.4) is 0 Å². The van der Waals surface area contributed by atoms with Gasteiger partial charge in [-0.05, 0) is 12.8 Å². The summed E-state index contributed by atoms with van der Waals surface area (Å²) in [5.41, 5.74) is 0. The first kappa shape index (κ1) is 14.3. The van der Waals surface area contributed by atoms with Crippen LogP contribution in [-0.4, -0.2) is 48.8 Å². The van der Waals surface area contributed by atoms with E-state index in [9.17, 15) is 14.7 Å². The molecule has 3 N–H and O–H groups in total. The van der Waals surface area contributed by atoms with Crippen molar-refractivity contribution in [3.63, 3.8) is 0 Å². The molecule has 0 aromatic heterocycles. The lowest BCUT2D eigenvalue weighted by atomic mass is 9.94. The number of nitrogens with one attached hydrogen (secondary N) is 2. The Morgan fingerprint density at radius 1 is 1.21 bits per heavy atom. The summed E-state index contributed by atoms with van der Waals surface area (Å²) in [5, 5.41) is 15.2. The van der Waals surface area contributed by atoms with Gasteiger partial charge >= 0.3 is 5.97 Å². The number of rotatable bonds is 3. The highest BCUT2D eigenvalue weighted by Gasteiger charge is 2.32. The summed E-state index contributed by atoms with van der Waals surface area (Å²) in [6.45, 7) is 1.77. The topological polar surface area (TPSA) is 87.7 Å². The largest absolute Gasteiger partial charge is 0.481 e. The van der Waals surface area contributed by atoms with Crippen molar-refractivity contribution in [2.45, 2.75) is 44.2 Å². The Morgan fingerprint density at radius 3 is 2.68 bits per heavy atom. The van der Waals surface area contributed by atoms with E-state index in [0.717, 1.165) is 32.2 Å². The van der Waals surface area contributed by atoms with E-state index in [1.165, 1.54) is 0 Å². The van der Waals surface area contributed by atoms with Crippen molar-refractivity contribution in [1.82, 2.24) is 10.6 Å². The van der Waals surface area contributed by atoms with Crippen LogP contribution in [0.15, 0.2) is 0 Å². The Morgan fingerprint density at radius 2 is 2.00 bits per heavy atom. The molecule has 1 aliphatic carbocycles. The minimum absolute atomic E-state index is 0.189. The molecule has 6 heteroatoms. The Balaban J connectivity index is 1.93. The zero-order valence-electron chi connectivity index (χ0n) is 11.1. The molecule has 0 aromatic rings. The third kappa shape index (κ3) is 3.91. The molecule has 3 unspecified atom stereocenters. The number of amides is 1. The van der Waals surface area contributed by atoms with Crippen molar-refractivity contribution in [1.29, 1.82) is 0 Å². The van der Waals surface area contributed by atoms with Gasteiger partial charge in [-0.2, -0.15) is 0 Å². The lowest BCUT2D eigenvalue weighted by Gasteiger charge is -2.27. The molecule has 1 saturated heterocycles. The van der Waals surface area contributed by atoms with Crippen molar-refractivity contribution in [3.05, 3.63) is 0 Å². The standard InChI is InChI=1S/C13H22N2O4/c16-12(11-8-14-6-7-19-11)15-10-5-3-1-2-4-9(10)13(17)18/h9-11,14H,1-8H2,(H,15,16)(H,17,18). The van der Waals surface area contributed by atoms with Gasteiger partial charge in [0.25, 0.3) is 5.91 Å². The van der Waals surface area contributed by atoms with E-state index < -0.39 is 18.0 Å². The van der Waals surface area contributed by atoms with Crippen LogP contribution in [0.2, 0.25) is 0 Å². The van der Waals surface area contributed by atoms with E-state index in [4.69, 9.17) is 4.74 Å². The van der Waals surface area contributed by atoms with Crippen molar-refractivity contribution >= 4 is 11.9 Å². The smallest absolute Gasteiger partial charge is 0.308 e. The fraction of sp³-hybridized carbons (Fsp3) is 0.846. The van der Waals surface area contributed by atoms with E-state index in [1.807, 2.05) is 0 Å². The van der Waals surface area contributed by atoms with Crippen LogP contribution < -0.4 is 10.6 Å². The van der Waals surface area contributed by atoms with Gasteiger partial charge in [-0.1, -0.05) is 19.3 Å². The summed E-state index contributed by atoms with van der Waals surface area (Å²) >= 11 is 0. The number of carboxylic acid groups (broad SMARTS) is 1. The molecule has 6 nitrogen and oxygen atoms in total. The number of carboxylic acids is 1. The lowest BCUT2D eigenvalue weighted by Crippen LogP contribution is -2.52. The summed E-state index contributed by atoms with van der Waals surface area (Å²) in [7, 11) is 0. The molecular weight excluding hydrogens is 248 g/mol. The first-order chi connectivity index (χ1) is 9.18. The fourth-order valence-electron chi connectivity index (χ4n) is 2.79. The molecule has 1 heterocycles. The van der Waals surface area contributed by atoms with Gasteiger partial charge in [-0.25, -0.2) is 0 Å². The first-order valence-electron chi connectivity index (χ1n) is 7.04. The molecule has 1 amide bonds. The number of carbonyl (C=O) groups excluding carboxylic acids is 1. The van der Waals surface area contributed by atoms with Gasteiger partial charge in [-0.3, -0.25) is 9.59 Å². The molecule has 0 spiro atoms. The van der Waals surface area contributed by atoms with Crippen LogP contribution in [0, 0.1) is 5.92 Å². The van der Waals surface area contributed by atoms with Gasteiger partial charge in [-0.15, -0.1) is 0 Å². The van der Waals surface area contributed by atoms with E-state index in [-0.39, 0.29) is 11.9 Å². The SMILES string of the molecule is O=C(NC1CCCCCC1C(=O)O)C1CNCCO1. The minimum atomic E-state index is -0.810. The number of aliphatic carboxylic acids is 1. The van der Waals surface area contributed by atoms with Gasteiger partial charge in [0.15, 0.2) is 0 Å². The van der Waals surface area contributed by atoms with Gasteiger partial charge in [0.1, 0.15) is 6.10 Å². The Bertz CT molecular complexity index is 329. The van der Waals surface area contributed by atoms with Gasteiger partial charge < -0.3 is 20.5 Å². The Hall–Kier alpha value is -1.14. The lowest BCUT2D eigenvalue weighted by molar-refractivity contribution is -0.144. The normalized spacial score (nSPS) is 32.3. The number of ether oxygens (including phenoxy) is 1. The molecule has 19 heavy (non-hydrogen) atoms. The molecule has 2 rings (SSSR count). The zero-order valence-corrected chi connectivity index (χ0v) is 11.1. The van der Waals surface area contributed by atoms with Crippen molar-refractivity contribution in [2.24, 2.45) is 5.92 Å². The average Bonchev–Trinajstić information content (AvgIpc) is 2.65. The van der Waals surface area contributed by atoms with Crippen LogP contribution in [-0.2, 0) is 14.3 Å². The predicted octanol–water partition coefficient (Wildman–Crippen LogP) is 0.124. The van der Waals surface area contributed by atoms with E-state index in [2.05, 4.69) is 10.6 Å². The highest BCUT2D eigenvalue weighted by molar-refractivity contribution is 5.82. The van der Waals surface area contributed by atoms with Crippen molar-refractivity contribution in [3.8, 4) is 0 Å². The maximum Gasteiger partial charge on any atom is 0.308 e. The molecule has 0 radical (unpaired) electrons. The molecule has 2 fully saturated rings. The first-order valence-corrected chi connectivity index (χ1v) is 7.04. The molecular formula is C13H22N2O4. The van der Waals surface area contributed by atoms with E-state index in [1.54, 1.807) is 0 Å². The number of carbonyl (C=O) groups is 2. The summed E-state index contributed by atoms with van der Waals surface area (Å²) in [6, 6.07) is -0.266. The summed E-state index contributed by atoms with van der Waals surface area (Å²) in [5.74, 6) is -1.47. The third-order valence-electron chi connectivity index (χ3n) is 3.88. The Labute approximate surface area is 112 Å². The molecule has 1 saturated carbocycles. The van der Waals surface area contributed by atoms with Gasteiger partial charge in [0.05, 0.1) is 12.5 Å². The molecule has 3 atom stereocenters. The quantitative estimate of drug-likeness (QED) is 0.634. The second-order valence-corrected chi connectivity index (χ2v) is 5.26. The Kier molecular flexibility index (Phi) is 5.15. The third-order valence-corrected chi connectivity index (χ3v) is 3.88. The van der Waals surface area contributed by atoms with E-state index in [0.29, 0.717) is 19.6 Å². The second kappa shape index (κ2) is 6.86. The summed E-state index contributed by atoms with van der Waals surface area (Å²) in [4.78, 5) is 23.4. The molecule has 0 bridgehead atoms. The summed E-state index contributed by atoms with van der Waals surface area (Å²) in [6.07, 6.45) is 3.82. The minimum Gasteiger partial charge on any atom is -0.481 e. The van der Waals surface area contributed by atoms with Crippen LogP contribution in [0.1, 0.15) is 32.1 Å². The second-order valence-electron chi connectivity index (χ2n) is 5.26. The predicted molar refractivity (Wildman–Crippen MR) is 68.8 cm³/mol. The monoisotopic (exact) mass is 270 g/mol. The number of hydrogen-bond donors (Lipinski definition) is 3. The summed E-state index contributed by atoms with van der Waals surface area (Å²) < 4.78 is 5.39. The number of morpholine rings is 1. The fourth-order valence-corrected chi connectivity index (χ4v) is 2.79. The van der Waals surface area contributed by atoms with Gasteiger partial charge in [0.2, 0.25) is 0 Å². The van der Waals surface area contributed by atoms with Gasteiger partial charge in [0, 0.05) is 19.1 Å². The number of hydrogen-bond acceptors (Lipinski definition) is 4. The van der Waals surface area contributed by atoms with Crippen molar-refractivity contribution in [2.75, 3.05) is 19.7 Å². The highest BCUT2D eigenvalue weighted by atomic mass is 16.5. The van der Waals surface area contributed by atoms with Crippen LogP contribution >= 0.6 is 0 Å². The maximum absolute atomic E-state index is 12.1. The van der Waals surface area contributed by atoms with Crippen LogP contribution in [0.25, 0.3) is 0 Å².